The highest BCUT2D eigenvalue weighted by molar-refractivity contribution is 6.08. The van der Waals surface area contributed by atoms with Gasteiger partial charge in [0.25, 0.3) is 0 Å². The molecular weight excluding hydrogens is 290 g/mol. The Balaban J connectivity index is 1.51. The molecule has 0 spiro atoms. The molecule has 1 saturated carbocycles. The van der Waals surface area contributed by atoms with Crippen molar-refractivity contribution in [1.29, 1.82) is 0 Å². The molecule has 2 aromatic rings. The third-order valence-electron chi connectivity index (χ3n) is 4.45. The number of aromatic nitrogens is 2. The number of aromatic amines is 1. The fourth-order valence-electron chi connectivity index (χ4n) is 3.25. The third-order valence-corrected chi connectivity index (χ3v) is 4.45. The standard InChI is InChI=1S/C18H19N3O2/c22-15-10-17(21-13-5-2-1-3-6-13)23-16(15)9-12-11-20-18-14(12)7-4-8-19-18/h4,7-11,13,21H,1-3,5-6H2,(H,19,20)/b16-9-. The van der Waals surface area contributed by atoms with Crippen molar-refractivity contribution < 1.29 is 9.53 Å². The molecule has 0 unspecified atom stereocenters. The van der Waals surface area contributed by atoms with Crippen LogP contribution in [0.1, 0.15) is 37.7 Å². The van der Waals surface area contributed by atoms with Gasteiger partial charge in [-0.3, -0.25) is 4.79 Å². The van der Waals surface area contributed by atoms with Gasteiger partial charge in [0.2, 0.25) is 5.78 Å². The summed E-state index contributed by atoms with van der Waals surface area (Å²) >= 11 is 0. The minimum Gasteiger partial charge on any atom is -0.437 e. The largest absolute Gasteiger partial charge is 0.437 e. The average Bonchev–Trinajstić information content (AvgIpc) is 3.13. The lowest BCUT2D eigenvalue weighted by molar-refractivity contribution is -0.112. The number of carbonyl (C=O) groups excluding carboxylic acids is 1. The monoisotopic (exact) mass is 309 g/mol. The first kappa shape index (κ1) is 14.1. The van der Waals surface area contributed by atoms with E-state index in [0.29, 0.717) is 17.7 Å². The zero-order chi connectivity index (χ0) is 15.6. The molecule has 2 aliphatic rings. The number of rotatable bonds is 3. The van der Waals surface area contributed by atoms with Crippen LogP contribution in [0.2, 0.25) is 0 Å². The van der Waals surface area contributed by atoms with Crippen molar-refractivity contribution in [2.75, 3.05) is 0 Å². The van der Waals surface area contributed by atoms with E-state index in [9.17, 15) is 4.79 Å². The van der Waals surface area contributed by atoms with Gasteiger partial charge in [0, 0.05) is 35.5 Å². The smallest absolute Gasteiger partial charge is 0.226 e. The molecule has 23 heavy (non-hydrogen) atoms. The van der Waals surface area contributed by atoms with Crippen LogP contribution in [-0.4, -0.2) is 21.8 Å². The van der Waals surface area contributed by atoms with Gasteiger partial charge < -0.3 is 15.0 Å². The maximum atomic E-state index is 12.2. The van der Waals surface area contributed by atoms with Gasteiger partial charge >= 0.3 is 0 Å². The molecule has 0 aromatic carbocycles. The topological polar surface area (TPSA) is 67.0 Å². The summed E-state index contributed by atoms with van der Waals surface area (Å²) in [5.74, 6) is 0.834. The van der Waals surface area contributed by atoms with Gasteiger partial charge in [0.05, 0.1) is 0 Å². The molecule has 5 nitrogen and oxygen atoms in total. The molecule has 0 saturated heterocycles. The fourth-order valence-corrected chi connectivity index (χ4v) is 3.25. The minimum absolute atomic E-state index is 0.0958. The Labute approximate surface area is 134 Å². The lowest BCUT2D eigenvalue weighted by Gasteiger charge is -2.23. The van der Waals surface area contributed by atoms with Crippen LogP contribution in [0.25, 0.3) is 17.1 Å². The normalized spacial score (nSPS) is 20.8. The summed E-state index contributed by atoms with van der Waals surface area (Å²) in [6.45, 7) is 0. The first-order valence-corrected chi connectivity index (χ1v) is 8.14. The average molecular weight is 309 g/mol. The molecule has 2 aromatic heterocycles. The highest BCUT2D eigenvalue weighted by Crippen LogP contribution is 2.25. The van der Waals surface area contributed by atoms with Crippen LogP contribution in [0.5, 0.6) is 0 Å². The van der Waals surface area contributed by atoms with Gasteiger partial charge in [0.1, 0.15) is 5.65 Å². The second-order valence-corrected chi connectivity index (χ2v) is 6.11. The van der Waals surface area contributed by atoms with E-state index in [1.165, 1.54) is 19.3 Å². The Morgan fingerprint density at radius 3 is 3.04 bits per heavy atom. The van der Waals surface area contributed by atoms with Gasteiger partial charge in [-0.15, -0.1) is 0 Å². The van der Waals surface area contributed by atoms with Crippen molar-refractivity contribution in [1.82, 2.24) is 15.3 Å². The van der Waals surface area contributed by atoms with Crippen LogP contribution >= 0.6 is 0 Å². The Hall–Kier alpha value is -2.56. The van der Waals surface area contributed by atoms with E-state index in [2.05, 4.69) is 15.3 Å². The SMILES string of the molecule is O=C1C=C(NC2CCCCC2)O/C1=C\c1c[nH]c2ncccc12. The molecule has 0 bridgehead atoms. The zero-order valence-corrected chi connectivity index (χ0v) is 12.8. The van der Waals surface area contributed by atoms with E-state index < -0.39 is 0 Å². The van der Waals surface area contributed by atoms with Crippen molar-refractivity contribution in [3.8, 4) is 0 Å². The lowest BCUT2D eigenvalue weighted by Crippen LogP contribution is -2.30. The summed E-state index contributed by atoms with van der Waals surface area (Å²) in [7, 11) is 0. The summed E-state index contributed by atoms with van der Waals surface area (Å²) < 4.78 is 5.73. The molecule has 4 rings (SSSR count). The number of carbonyl (C=O) groups is 1. The number of allylic oxidation sites excluding steroid dienone is 1. The molecular formula is C18H19N3O2. The lowest BCUT2D eigenvalue weighted by atomic mass is 9.96. The van der Waals surface area contributed by atoms with Gasteiger partial charge in [-0.1, -0.05) is 19.3 Å². The van der Waals surface area contributed by atoms with Crippen molar-refractivity contribution >= 4 is 22.9 Å². The van der Waals surface area contributed by atoms with E-state index >= 15 is 0 Å². The molecule has 2 N–H and O–H groups in total. The number of hydrogen-bond donors (Lipinski definition) is 2. The quantitative estimate of drug-likeness (QED) is 0.854. The van der Waals surface area contributed by atoms with Crippen molar-refractivity contribution in [3.63, 3.8) is 0 Å². The van der Waals surface area contributed by atoms with E-state index in [4.69, 9.17) is 4.74 Å². The first-order valence-electron chi connectivity index (χ1n) is 8.14. The second-order valence-electron chi connectivity index (χ2n) is 6.11. The Kier molecular flexibility index (Phi) is 3.61. The van der Waals surface area contributed by atoms with Crippen LogP contribution in [0.4, 0.5) is 0 Å². The second kappa shape index (κ2) is 5.91. The van der Waals surface area contributed by atoms with E-state index in [1.54, 1.807) is 18.3 Å². The maximum absolute atomic E-state index is 12.2. The van der Waals surface area contributed by atoms with Crippen LogP contribution in [-0.2, 0) is 9.53 Å². The summed E-state index contributed by atoms with van der Waals surface area (Å²) in [6, 6.07) is 4.27. The number of ketones is 1. The molecule has 0 atom stereocenters. The highest BCUT2D eigenvalue weighted by Gasteiger charge is 2.24. The predicted molar refractivity (Wildman–Crippen MR) is 88.3 cm³/mol. The van der Waals surface area contributed by atoms with Crippen LogP contribution in [0.15, 0.2) is 42.2 Å². The number of ether oxygens (including phenoxy) is 1. The number of pyridine rings is 1. The van der Waals surface area contributed by atoms with Gasteiger partial charge in [0.15, 0.2) is 11.6 Å². The van der Waals surface area contributed by atoms with E-state index in [1.807, 2.05) is 18.3 Å². The molecule has 5 heteroatoms. The highest BCUT2D eigenvalue weighted by atomic mass is 16.5. The number of H-pyrrole nitrogens is 1. The number of hydrogen-bond acceptors (Lipinski definition) is 4. The molecule has 0 radical (unpaired) electrons. The van der Waals surface area contributed by atoms with Crippen molar-refractivity contribution in [3.05, 3.63) is 47.8 Å². The van der Waals surface area contributed by atoms with Crippen molar-refractivity contribution in [2.45, 2.75) is 38.1 Å². The number of nitrogens with zero attached hydrogens (tertiary/aromatic N) is 1. The molecule has 1 fully saturated rings. The Morgan fingerprint density at radius 2 is 2.17 bits per heavy atom. The summed E-state index contributed by atoms with van der Waals surface area (Å²) in [4.78, 5) is 19.5. The minimum atomic E-state index is -0.0958. The molecule has 118 valence electrons. The van der Waals surface area contributed by atoms with Gasteiger partial charge in [-0.05, 0) is 31.1 Å². The zero-order valence-electron chi connectivity index (χ0n) is 12.8. The van der Waals surface area contributed by atoms with Crippen LogP contribution < -0.4 is 5.32 Å². The summed E-state index contributed by atoms with van der Waals surface area (Å²) in [6.07, 6.45) is 13.0. The predicted octanol–water partition coefficient (Wildman–Crippen LogP) is 3.27. The van der Waals surface area contributed by atoms with Crippen LogP contribution in [0, 0.1) is 0 Å². The maximum Gasteiger partial charge on any atom is 0.226 e. The van der Waals surface area contributed by atoms with E-state index in [-0.39, 0.29) is 5.78 Å². The molecule has 1 aliphatic carbocycles. The number of nitrogens with one attached hydrogen (secondary N) is 2. The Morgan fingerprint density at radius 1 is 1.30 bits per heavy atom. The summed E-state index contributed by atoms with van der Waals surface area (Å²) in [5, 5.41) is 4.33. The first-order chi connectivity index (χ1) is 11.3. The van der Waals surface area contributed by atoms with Crippen LogP contribution in [0.3, 0.4) is 0 Å². The molecule has 0 amide bonds. The van der Waals surface area contributed by atoms with E-state index in [0.717, 1.165) is 29.4 Å². The molecule has 3 heterocycles. The van der Waals surface area contributed by atoms with Gasteiger partial charge in [-0.25, -0.2) is 4.98 Å². The Bertz CT molecular complexity index is 797. The summed E-state index contributed by atoms with van der Waals surface area (Å²) in [5.41, 5.74) is 1.71. The molecule has 1 aliphatic heterocycles. The van der Waals surface area contributed by atoms with Gasteiger partial charge in [-0.2, -0.15) is 0 Å². The number of fused-ring (bicyclic) bond motifs is 1. The third kappa shape index (κ3) is 2.86. The van der Waals surface area contributed by atoms with Crippen molar-refractivity contribution in [2.24, 2.45) is 0 Å². The fraction of sp³-hybridized carbons (Fsp3) is 0.333.